The minimum absolute atomic E-state index is 0.306. The Morgan fingerprint density at radius 3 is 2.00 bits per heavy atom. The summed E-state index contributed by atoms with van der Waals surface area (Å²) in [4.78, 5) is 23.8. The van der Waals surface area contributed by atoms with Gasteiger partial charge in [-0.25, -0.2) is 9.59 Å². The van der Waals surface area contributed by atoms with E-state index in [1.54, 1.807) is 18.2 Å². The first kappa shape index (κ1) is 19.5. The maximum Gasteiger partial charge on any atom is 0.343 e. The molecular formula is C18H16Br2O5. The van der Waals surface area contributed by atoms with E-state index in [1.165, 1.54) is 25.3 Å². The molecule has 2 rings (SSSR count). The molecule has 0 aliphatic heterocycles. The fraction of sp³-hybridized carbons (Fsp3) is 0.222. The third-order valence-electron chi connectivity index (χ3n) is 3.18. The van der Waals surface area contributed by atoms with Crippen molar-refractivity contribution in [3.63, 3.8) is 0 Å². The molecule has 0 saturated heterocycles. The van der Waals surface area contributed by atoms with Crippen molar-refractivity contribution in [1.29, 1.82) is 0 Å². The van der Waals surface area contributed by atoms with Crippen molar-refractivity contribution in [3.8, 4) is 11.5 Å². The predicted molar refractivity (Wildman–Crippen MR) is 100 cm³/mol. The van der Waals surface area contributed by atoms with Crippen molar-refractivity contribution in [2.45, 2.75) is 13.3 Å². The lowest BCUT2D eigenvalue weighted by Crippen LogP contribution is -2.10. The zero-order valence-corrected chi connectivity index (χ0v) is 16.8. The van der Waals surface area contributed by atoms with E-state index in [0.717, 1.165) is 6.42 Å². The maximum absolute atomic E-state index is 12.3. The minimum Gasteiger partial charge on any atom is -0.492 e. The Morgan fingerprint density at radius 1 is 0.920 bits per heavy atom. The molecule has 0 spiro atoms. The summed E-state index contributed by atoms with van der Waals surface area (Å²) in [5, 5.41) is 0. The number of rotatable bonds is 6. The molecule has 0 amide bonds. The first-order valence-electron chi connectivity index (χ1n) is 7.48. The van der Waals surface area contributed by atoms with E-state index in [0.29, 0.717) is 38.2 Å². The summed E-state index contributed by atoms with van der Waals surface area (Å²) in [5.74, 6) is -0.0125. The standard InChI is InChI=1S/C18H16Br2O5/c1-3-8-24-15-6-4-12(10-13(15)19)18(22)25-16-7-5-11(9-14(16)20)17(21)23-2/h4-7,9-10H,3,8H2,1-2H3. The molecule has 0 radical (unpaired) electrons. The average molecular weight is 472 g/mol. The zero-order valence-electron chi connectivity index (χ0n) is 13.7. The fourth-order valence-electron chi connectivity index (χ4n) is 1.94. The van der Waals surface area contributed by atoms with Crippen molar-refractivity contribution >= 4 is 43.8 Å². The molecule has 0 aliphatic rings. The van der Waals surface area contributed by atoms with Gasteiger partial charge in [0.05, 0.1) is 33.8 Å². The molecule has 0 N–H and O–H groups in total. The van der Waals surface area contributed by atoms with Crippen LogP contribution in [0, 0.1) is 0 Å². The topological polar surface area (TPSA) is 61.8 Å². The van der Waals surface area contributed by atoms with E-state index in [1.807, 2.05) is 6.92 Å². The van der Waals surface area contributed by atoms with Crippen LogP contribution in [-0.4, -0.2) is 25.7 Å². The molecule has 2 aromatic carbocycles. The molecule has 7 heteroatoms. The van der Waals surface area contributed by atoms with Crippen molar-refractivity contribution in [2.75, 3.05) is 13.7 Å². The number of carbonyl (C=O) groups excluding carboxylic acids is 2. The number of methoxy groups -OCH3 is 1. The zero-order chi connectivity index (χ0) is 18.4. The second-order valence-electron chi connectivity index (χ2n) is 5.02. The highest BCUT2D eigenvalue weighted by Crippen LogP contribution is 2.29. The van der Waals surface area contributed by atoms with E-state index >= 15 is 0 Å². The van der Waals surface area contributed by atoms with Crippen LogP contribution in [0.1, 0.15) is 34.1 Å². The van der Waals surface area contributed by atoms with Crippen LogP contribution in [0.5, 0.6) is 11.5 Å². The van der Waals surface area contributed by atoms with Gasteiger partial charge in [-0.05, 0) is 74.7 Å². The number of benzene rings is 2. The lowest BCUT2D eigenvalue weighted by Gasteiger charge is -2.10. The number of esters is 2. The second kappa shape index (κ2) is 9.01. The second-order valence-corrected chi connectivity index (χ2v) is 6.73. The third kappa shape index (κ3) is 5.06. The smallest absolute Gasteiger partial charge is 0.343 e. The van der Waals surface area contributed by atoms with Gasteiger partial charge in [0.2, 0.25) is 0 Å². The summed E-state index contributed by atoms with van der Waals surface area (Å²) in [6, 6.07) is 9.58. The number of ether oxygens (including phenoxy) is 3. The third-order valence-corrected chi connectivity index (χ3v) is 4.42. The van der Waals surface area contributed by atoms with Gasteiger partial charge in [0.1, 0.15) is 11.5 Å². The van der Waals surface area contributed by atoms with Crippen LogP contribution in [0.4, 0.5) is 0 Å². The lowest BCUT2D eigenvalue weighted by molar-refractivity contribution is 0.0600. The summed E-state index contributed by atoms with van der Waals surface area (Å²) in [6.07, 6.45) is 0.895. The van der Waals surface area contributed by atoms with Crippen LogP contribution < -0.4 is 9.47 Å². The first-order chi connectivity index (χ1) is 12.0. The maximum atomic E-state index is 12.3. The predicted octanol–water partition coefficient (Wildman–Crippen LogP) is 5.01. The van der Waals surface area contributed by atoms with Gasteiger partial charge < -0.3 is 14.2 Å². The monoisotopic (exact) mass is 470 g/mol. The van der Waals surface area contributed by atoms with E-state index in [4.69, 9.17) is 9.47 Å². The van der Waals surface area contributed by atoms with Crippen molar-refractivity contribution < 1.29 is 23.8 Å². The summed E-state index contributed by atoms with van der Waals surface area (Å²) >= 11 is 6.67. The largest absolute Gasteiger partial charge is 0.492 e. The van der Waals surface area contributed by atoms with Crippen molar-refractivity contribution in [1.82, 2.24) is 0 Å². The molecule has 2 aromatic rings. The summed E-state index contributed by atoms with van der Waals surface area (Å²) < 4.78 is 16.7. The lowest BCUT2D eigenvalue weighted by atomic mass is 10.2. The Labute approximate surface area is 162 Å². The molecule has 0 unspecified atom stereocenters. The SMILES string of the molecule is CCCOc1ccc(C(=O)Oc2ccc(C(=O)OC)cc2Br)cc1Br. The van der Waals surface area contributed by atoms with Crippen LogP contribution in [0.15, 0.2) is 45.3 Å². The number of hydrogen-bond acceptors (Lipinski definition) is 5. The minimum atomic E-state index is -0.519. The Bertz CT molecular complexity index is 789. The quantitative estimate of drug-likeness (QED) is 0.438. The van der Waals surface area contributed by atoms with E-state index in [2.05, 4.69) is 36.6 Å². The Morgan fingerprint density at radius 2 is 1.48 bits per heavy atom. The van der Waals surface area contributed by atoms with E-state index in [9.17, 15) is 9.59 Å². The number of carbonyl (C=O) groups is 2. The van der Waals surface area contributed by atoms with Crippen LogP contribution in [-0.2, 0) is 4.74 Å². The Hall–Kier alpha value is -1.86. The Balaban J connectivity index is 2.14. The molecule has 0 heterocycles. The molecular weight excluding hydrogens is 456 g/mol. The van der Waals surface area contributed by atoms with Crippen LogP contribution in [0.3, 0.4) is 0 Å². The number of hydrogen-bond donors (Lipinski definition) is 0. The van der Waals surface area contributed by atoms with Gasteiger partial charge in [-0.15, -0.1) is 0 Å². The molecule has 132 valence electrons. The molecule has 5 nitrogen and oxygen atoms in total. The molecule has 0 saturated carbocycles. The van der Waals surface area contributed by atoms with Crippen LogP contribution in [0.2, 0.25) is 0 Å². The Kier molecular flexibility index (Phi) is 7.01. The van der Waals surface area contributed by atoms with Crippen molar-refractivity contribution in [2.24, 2.45) is 0 Å². The molecule has 0 aliphatic carbocycles. The van der Waals surface area contributed by atoms with Gasteiger partial charge in [-0.3, -0.25) is 0 Å². The summed E-state index contributed by atoms with van der Waals surface area (Å²) in [5.41, 5.74) is 0.731. The number of halogens is 2. The molecule has 0 atom stereocenters. The summed E-state index contributed by atoms with van der Waals surface area (Å²) in [6.45, 7) is 2.62. The van der Waals surface area contributed by atoms with Gasteiger partial charge in [0, 0.05) is 0 Å². The van der Waals surface area contributed by atoms with Crippen LogP contribution >= 0.6 is 31.9 Å². The highest BCUT2D eigenvalue weighted by Gasteiger charge is 2.15. The van der Waals surface area contributed by atoms with Gasteiger partial charge in [0.15, 0.2) is 0 Å². The normalized spacial score (nSPS) is 10.2. The first-order valence-corrected chi connectivity index (χ1v) is 9.07. The van der Waals surface area contributed by atoms with Crippen molar-refractivity contribution in [3.05, 3.63) is 56.5 Å². The highest BCUT2D eigenvalue weighted by molar-refractivity contribution is 9.10. The van der Waals surface area contributed by atoms with Gasteiger partial charge in [0.25, 0.3) is 0 Å². The average Bonchev–Trinajstić information content (AvgIpc) is 2.61. The van der Waals surface area contributed by atoms with E-state index in [-0.39, 0.29) is 0 Å². The molecule has 25 heavy (non-hydrogen) atoms. The van der Waals surface area contributed by atoms with Gasteiger partial charge >= 0.3 is 11.9 Å². The summed E-state index contributed by atoms with van der Waals surface area (Å²) in [7, 11) is 1.30. The molecule has 0 bridgehead atoms. The fourth-order valence-corrected chi connectivity index (χ4v) is 2.90. The van der Waals surface area contributed by atoms with E-state index < -0.39 is 11.9 Å². The molecule has 0 aromatic heterocycles. The molecule has 0 fully saturated rings. The highest BCUT2D eigenvalue weighted by atomic mass is 79.9. The van der Waals surface area contributed by atoms with Crippen LogP contribution in [0.25, 0.3) is 0 Å². The van der Waals surface area contributed by atoms with Gasteiger partial charge in [-0.2, -0.15) is 0 Å². The van der Waals surface area contributed by atoms with Gasteiger partial charge in [-0.1, -0.05) is 6.92 Å².